The Morgan fingerprint density at radius 2 is 2.11 bits per heavy atom. The molecule has 0 radical (unpaired) electrons. The van der Waals surface area contributed by atoms with Crippen LogP contribution in [0.1, 0.15) is 49.2 Å². The number of carbonyl (C=O) groups is 1. The molecule has 1 aromatic heterocycles. The highest BCUT2D eigenvalue weighted by molar-refractivity contribution is 7.89. The first kappa shape index (κ1) is 25.3. The normalized spacial score (nSPS) is 22.8. The minimum atomic E-state index is -3.90. The third-order valence-corrected chi connectivity index (χ3v) is 8.78. The van der Waals surface area contributed by atoms with E-state index in [1.165, 1.54) is 9.88 Å². The van der Waals surface area contributed by atoms with E-state index in [-0.39, 0.29) is 42.2 Å². The van der Waals surface area contributed by atoms with Gasteiger partial charge in [-0.1, -0.05) is 25.1 Å². The molecule has 2 aromatic rings. The highest BCUT2D eigenvalue weighted by atomic mass is 32.2. The van der Waals surface area contributed by atoms with Crippen molar-refractivity contribution in [2.45, 2.75) is 50.2 Å². The Bertz CT molecular complexity index is 1200. The van der Waals surface area contributed by atoms with Gasteiger partial charge < -0.3 is 14.7 Å². The van der Waals surface area contributed by atoms with Crippen molar-refractivity contribution in [2.24, 2.45) is 5.92 Å². The minimum Gasteiger partial charge on any atom is -0.487 e. The number of hydrogen-bond acceptors (Lipinski definition) is 6. The number of pyridine rings is 1. The predicted octanol–water partition coefficient (Wildman–Crippen LogP) is 3.19. The van der Waals surface area contributed by atoms with Crippen LogP contribution in [-0.2, 0) is 10.0 Å². The Morgan fingerprint density at radius 1 is 1.31 bits per heavy atom. The number of rotatable bonds is 6. The van der Waals surface area contributed by atoms with Crippen LogP contribution in [0.2, 0.25) is 0 Å². The summed E-state index contributed by atoms with van der Waals surface area (Å²) in [6.45, 7) is 3.72. The molecule has 1 amide bonds. The molecule has 0 saturated carbocycles. The van der Waals surface area contributed by atoms with Gasteiger partial charge in [-0.2, -0.15) is 4.31 Å². The molecule has 2 aliphatic rings. The monoisotopic (exact) mass is 499 g/mol. The fraction of sp³-hybridized carbons (Fsp3) is 0.462. The molecule has 1 aromatic carbocycles. The number of sulfonamides is 1. The average molecular weight is 500 g/mol. The number of likely N-dealkylation sites (N-methyl/N-ethyl adjacent to an activating group) is 1. The molecule has 0 saturated heterocycles. The molecular weight excluding hydrogens is 466 g/mol. The van der Waals surface area contributed by atoms with Crippen molar-refractivity contribution in [3.05, 3.63) is 59.9 Å². The highest BCUT2D eigenvalue weighted by Crippen LogP contribution is 2.37. The summed E-state index contributed by atoms with van der Waals surface area (Å²) in [5, 5.41) is 9.81. The van der Waals surface area contributed by atoms with Gasteiger partial charge in [-0.3, -0.25) is 9.78 Å². The zero-order chi connectivity index (χ0) is 25.2. The number of ether oxygens (including phenoxy) is 1. The van der Waals surface area contributed by atoms with Crippen molar-refractivity contribution in [1.29, 1.82) is 0 Å². The van der Waals surface area contributed by atoms with E-state index in [0.29, 0.717) is 5.69 Å². The number of aliphatic hydroxyl groups is 1. The molecule has 0 fully saturated rings. The molecule has 4 rings (SSSR count). The van der Waals surface area contributed by atoms with E-state index in [0.717, 1.165) is 24.8 Å². The largest absolute Gasteiger partial charge is 0.487 e. The molecule has 8 nitrogen and oxygen atoms in total. The van der Waals surface area contributed by atoms with Crippen molar-refractivity contribution in [3.8, 4) is 5.75 Å². The van der Waals surface area contributed by atoms with E-state index in [9.17, 15) is 18.3 Å². The number of amides is 1. The van der Waals surface area contributed by atoms with Crippen molar-refractivity contribution in [3.63, 3.8) is 0 Å². The van der Waals surface area contributed by atoms with Gasteiger partial charge in [0, 0.05) is 31.7 Å². The molecule has 0 spiro atoms. The quantitative estimate of drug-likeness (QED) is 0.655. The molecule has 2 heterocycles. The summed E-state index contributed by atoms with van der Waals surface area (Å²) in [7, 11) is -2.21. The number of aromatic nitrogens is 1. The Morgan fingerprint density at radius 3 is 2.77 bits per heavy atom. The van der Waals surface area contributed by atoms with Crippen LogP contribution in [0.25, 0.3) is 5.57 Å². The fourth-order valence-electron chi connectivity index (χ4n) is 4.61. The van der Waals surface area contributed by atoms with Crippen LogP contribution in [0.3, 0.4) is 0 Å². The lowest BCUT2D eigenvalue weighted by Gasteiger charge is -2.37. The van der Waals surface area contributed by atoms with E-state index in [4.69, 9.17) is 4.74 Å². The number of hydrogen-bond donors (Lipinski definition) is 1. The highest BCUT2D eigenvalue weighted by Gasteiger charge is 2.38. The molecule has 0 unspecified atom stereocenters. The number of aliphatic hydroxyl groups excluding tert-OH is 1. The van der Waals surface area contributed by atoms with Gasteiger partial charge in [0.1, 0.15) is 22.4 Å². The van der Waals surface area contributed by atoms with Crippen molar-refractivity contribution >= 4 is 21.5 Å². The van der Waals surface area contributed by atoms with Crippen molar-refractivity contribution < 1.29 is 23.1 Å². The number of allylic oxidation sites excluding steroid dienone is 2. The smallest absolute Gasteiger partial charge is 0.272 e. The van der Waals surface area contributed by atoms with Gasteiger partial charge in [0.15, 0.2) is 0 Å². The number of fused-ring (bicyclic) bond motifs is 1. The van der Waals surface area contributed by atoms with Gasteiger partial charge in [0.05, 0.1) is 13.2 Å². The molecule has 35 heavy (non-hydrogen) atoms. The van der Waals surface area contributed by atoms with E-state index < -0.39 is 22.2 Å². The van der Waals surface area contributed by atoms with Gasteiger partial charge in [0.2, 0.25) is 10.0 Å². The second kappa shape index (κ2) is 10.5. The summed E-state index contributed by atoms with van der Waals surface area (Å²) in [5.74, 6) is -0.206. The molecule has 1 aliphatic heterocycles. The van der Waals surface area contributed by atoms with Gasteiger partial charge in [-0.25, -0.2) is 8.42 Å². The second-order valence-electron chi connectivity index (χ2n) is 9.42. The molecule has 9 heteroatoms. The fourth-order valence-corrected chi connectivity index (χ4v) is 6.44. The molecule has 188 valence electrons. The SMILES string of the molecule is C[C@H]1CN([C@@H](C)CO)S(=O)(=O)c2ccc(C3=CCCC3)cc2O[C@H]1CN(C)C(=O)c1ccccn1. The summed E-state index contributed by atoms with van der Waals surface area (Å²) in [6, 6.07) is 9.81. The Kier molecular flexibility index (Phi) is 7.59. The first-order chi connectivity index (χ1) is 16.7. The van der Waals surface area contributed by atoms with Gasteiger partial charge >= 0.3 is 0 Å². The Hall–Kier alpha value is -2.75. The van der Waals surface area contributed by atoms with Crippen LogP contribution >= 0.6 is 0 Å². The Balaban J connectivity index is 1.72. The first-order valence-electron chi connectivity index (χ1n) is 12.0. The summed E-state index contributed by atoms with van der Waals surface area (Å²) in [5.41, 5.74) is 2.47. The molecule has 0 bridgehead atoms. The van der Waals surface area contributed by atoms with Crippen LogP contribution in [0.5, 0.6) is 5.75 Å². The number of carbonyl (C=O) groups excluding carboxylic acids is 1. The topological polar surface area (TPSA) is 100 Å². The van der Waals surface area contributed by atoms with Crippen LogP contribution in [-0.4, -0.2) is 72.5 Å². The lowest BCUT2D eigenvalue weighted by Crippen LogP contribution is -2.50. The molecule has 1 N–H and O–H groups in total. The zero-order valence-corrected chi connectivity index (χ0v) is 21.2. The van der Waals surface area contributed by atoms with Gasteiger partial charge in [-0.05, 0) is 61.6 Å². The van der Waals surface area contributed by atoms with Crippen LogP contribution < -0.4 is 4.74 Å². The van der Waals surface area contributed by atoms with Crippen LogP contribution in [0.4, 0.5) is 0 Å². The lowest BCUT2D eigenvalue weighted by atomic mass is 10.0. The van der Waals surface area contributed by atoms with E-state index in [2.05, 4.69) is 11.1 Å². The first-order valence-corrected chi connectivity index (χ1v) is 13.5. The third-order valence-electron chi connectivity index (χ3n) is 6.76. The number of nitrogens with zero attached hydrogens (tertiary/aromatic N) is 3. The maximum Gasteiger partial charge on any atom is 0.272 e. The molecule has 1 aliphatic carbocycles. The standard InChI is InChI=1S/C26H33N3O5S/c1-18-15-29(19(2)17-30)35(32,33)25-12-11-21(20-8-4-5-9-20)14-23(25)34-24(18)16-28(3)26(31)22-10-6-7-13-27-22/h6-8,10-14,18-19,24,30H,4-5,9,15-17H2,1-3H3/t18-,19-,24-/m0/s1. The maximum atomic E-state index is 13.6. The summed E-state index contributed by atoms with van der Waals surface area (Å²) < 4.78 is 35.0. The zero-order valence-electron chi connectivity index (χ0n) is 20.4. The molecule has 3 atom stereocenters. The summed E-state index contributed by atoms with van der Waals surface area (Å²) in [6.07, 6.45) is 6.31. The van der Waals surface area contributed by atoms with Crippen LogP contribution in [0.15, 0.2) is 53.6 Å². The van der Waals surface area contributed by atoms with E-state index in [1.54, 1.807) is 55.4 Å². The van der Waals surface area contributed by atoms with E-state index >= 15 is 0 Å². The summed E-state index contributed by atoms with van der Waals surface area (Å²) in [4.78, 5) is 18.7. The van der Waals surface area contributed by atoms with Crippen molar-refractivity contribution in [1.82, 2.24) is 14.2 Å². The van der Waals surface area contributed by atoms with Crippen molar-refractivity contribution in [2.75, 3.05) is 26.7 Å². The van der Waals surface area contributed by atoms with Gasteiger partial charge in [-0.15, -0.1) is 0 Å². The molecular formula is C26H33N3O5S. The second-order valence-corrected chi connectivity index (χ2v) is 11.3. The van der Waals surface area contributed by atoms with Crippen LogP contribution in [0, 0.1) is 5.92 Å². The average Bonchev–Trinajstić information content (AvgIpc) is 3.40. The summed E-state index contributed by atoms with van der Waals surface area (Å²) >= 11 is 0. The number of benzene rings is 1. The Labute approximate surface area is 207 Å². The van der Waals surface area contributed by atoms with E-state index in [1.807, 2.05) is 13.0 Å². The third kappa shape index (κ3) is 5.27. The maximum absolute atomic E-state index is 13.6. The predicted molar refractivity (Wildman–Crippen MR) is 133 cm³/mol. The van der Waals surface area contributed by atoms with Gasteiger partial charge in [0.25, 0.3) is 5.91 Å². The lowest BCUT2D eigenvalue weighted by molar-refractivity contribution is 0.0559. The minimum absolute atomic E-state index is 0.0794.